The lowest BCUT2D eigenvalue weighted by Crippen LogP contribution is -2.20. The zero-order valence-corrected chi connectivity index (χ0v) is 12.7. The molecule has 0 aliphatic carbocycles. The highest BCUT2D eigenvalue weighted by molar-refractivity contribution is 5.92. The van der Waals surface area contributed by atoms with Gasteiger partial charge in [0.1, 0.15) is 5.75 Å². The molecule has 0 spiro atoms. The van der Waals surface area contributed by atoms with Gasteiger partial charge in [-0.25, -0.2) is 0 Å². The van der Waals surface area contributed by atoms with Crippen LogP contribution < -0.4 is 10.1 Å². The minimum atomic E-state index is -0.199. The van der Waals surface area contributed by atoms with Crippen molar-refractivity contribution in [1.29, 1.82) is 5.26 Å². The average Bonchev–Trinajstić information content (AvgIpc) is 2.51. The number of anilines is 1. The molecule has 112 valence electrons. The van der Waals surface area contributed by atoms with Crippen molar-refractivity contribution in [3.8, 4) is 11.8 Å². The fourth-order valence-electron chi connectivity index (χ4n) is 2.02. The lowest BCUT2D eigenvalue weighted by molar-refractivity contribution is -0.118. The first-order chi connectivity index (χ1) is 10.6. The van der Waals surface area contributed by atoms with Gasteiger partial charge in [-0.1, -0.05) is 24.3 Å². The fourth-order valence-corrected chi connectivity index (χ4v) is 2.02. The third kappa shape index (κ3) is 4.10. The van der Waals surface area contributed by atoms with Gasteiger partial charge in [-0.2, -0.15) is 5.26 Å². The number of carbonyl (C=O) groups is 1. The van der Waals surface area contributed by atoms with Crippen molar-refractivity contribution in [1.82, 2.24) is 0 Å². The SMILES string of the molecule is Cc1cccc(NC(=O)COc2ccc(CC#N)cc2)c1C. The van der Waals surface area contributed by atoms with Gasteiger partial charge in [-0.15, -0.1) is 0 Å². The maximum atomic E-state index is 11.9. The van der Waals surface area contributed by atoms with E-state index in [2.05, 4.69) is 11.4 Å². The van der Waals surface area contributed by atoms with Gasteiger partial charge < -0.3 is 10.1 Å². The van der Waals surface area contributed by atoms with Crippen LogP contribution in [0.5, 0.6) is 5.75 Å². The van der Waals surface area contributed by atoms with Crippen LogP contribution in [-0.4, -0.2) is 12.5 Å². The molecule has 0 aliphatic heterocycles. The number of benzene rings is 2. The number of hydrogen-bond acceptors (Lipinski definition) is 3. The molecule has 2 aromatic carbocycles. The Kier molecular flexibility index (Phi) is 5.16. The van der Waals surface area contributed by atoms with Crippen LogP contribution in [0, 0.1) is 25.2 Å². The topological polar surface area (TPSA) is 62.1 Å². The van der Waals surface area contributed by atoms with Gasteiger partial charge in [-0.3, -0.25) is 4.79 Å². The molecule has 1 N–H and O–H groups in total. The summed E-state index contributed by atoms with van der Waals surface area (Å²) < 4.78 is 5.45. The van der Waals surface area contributed by atoms with E-state index in [1.54, 1.807) is 12.1 Å². The Morgan fingerprint density at radius 1 is 1.18 bits per heavy atom. The quantitative estimate of drug-likeness (QED) is 0.919. The molecule has 0 radical (unpaired) electrons. The van der Waals surface area contributed by atoms with E-state index in [0.29, 0.717) is 12.2 Å². The lowest BCUT2D eigenvalue weighted by atomic mass is 10.1. The van der Waals surface area contributed by atoms with E-state index in [9.17, 15) is 4.79 Å². The van der Waals surface area contributed by atoms with Crippen molar-refractivity contribution in [2.75, 3.05) is 11.9 Å². The van der Waals surface area contributed by atoms with Crippen LogP contribution in [0.25, 0.3) is 0 Å². The highest BCUT2D eigenvalue weighted by Gasteiger charge is 2.07. The van der Waals surface area contributed by atoms with Crippen molar-refractivity contribution < 1.29 is 9.53 Å². The normalized spacial score (nSPS) is 9.86. The zero-order chi connectivity index (χ0) is 15.9. The fraction of sp³-hybridized carbons (Fsp3) is 0.222. The molecule has 0 aliphatic rings. The second-order valence-electron chi connectivity index (χ2n) is 5.06. The van der Waals surface area contributed by atoms with Gasteiger partial charge in [0.25, 0.3) is 5.91 Å². The number of amides is 1. The van der Waals surface area contributed by atoms with Crippen molar-refractivity contribution in [3.63, 3.8) is 0 Å². The predicted molar refractivity (Wildman–Crippen MR) is 85.8 cm³/mol. The molecule has 4 nitrogen and oxygen atoms in total. The zero-order valence-electron chi connectivity index (χ0n) is 12.7. The second-order valence-corrected chi connectivity index (χ2v) is 5.06. The van der Waals surface area contributed by atoms with Gasteiger partial charge in [0, 0.05) is 5.69 Å². The summed E-state index contributed by atoms with van der Waals surface area (Å²) in [6, 6.07) is 15.0. The van der Waals surface area contributed by atoms with Gasteiger partial charge in [0.15, 0.2) is 6.61 Å². The van der Waals surface area contributed by atoms with E-state index >= 15 is 0 Å². The number of hydrogen-bond donors (Lipinski definition) is 1. The predicted octanol–water partition coefficient (Wildman–Crippen LogP) is 3.39. The molecule has 0 saturated carbocycles. The average molecular weight is 294 g/mol. The summed E-state index contributed by atoms with van der Waals surface area (Å²) in [5.74, 6) is 0.410. The standard InChI is InChI=1S/C18H18N2O2/c1-13-4-3-5-17(14(13)2)20-18(21)12-22-16-8-6-15(7-9-16)10-11-19/h3-9H,10,12H2,1-2H3,(H,20,21). The van der Waals surface area contributed by atoms with E-state index in [-0.39, 0.29) is 12.5 Å². The van der Waals surface area contributed by atoms with E-state index in [1.165, 1.54) is 0 Å². The van der Waals surface area contributed by atoms with Crippen molar-refractivity contribution in [3.05, 3.63) is 59.2 Å². The molecule has 4 heteroatoms. The Morgan fingerprint density at radius 3 is 2.59 bits per heavy atom. The summed E-state index contributed by atoms with van der Waals surface area (Å²) in [6.45, 7) is 3.93. The number of nitrogens with one attached hydrogen (secondary N) is 1. The highest BCUT2D eigenvalue weighted by atomic mass is 16.5. The molecule has 2 rings (SSSR count). The van der Waals surface area contributed by atoms with Gasteiger partial charge in [-0.05, 0) is 48.7 Å². The third-order valence-corrected chi connectivity index (χ3v) is 3.46. The number of nitriles is 1. The van der Waals surface area contributed by atoms with Crippen molar-refractivity contribution in [2.24, 2.45) is 0 Å². The molecule has 0 atom stereocenters. The second kappa shape index (κ2) is 7.28. The summed E-state index contributed by atoms with van der Waals surface area (Å²) in [5.41, 5.74) is 3.91. The van der Waals surface area contributed by atoms with Crippen LogP contribution in [0.15, 0.2) is 42.5 Å². The molecule has 1 amide bonds. The number of ether oxygens (including phenoxy) is 1. The van der Waals surface area contributed by atoms with Gasteiger partial charge in [0.05, 0.1) is 12.5 Å². The molecule has 2 aromatic rings. The van der Waals surface area contributed by atoms with Crippen LogP contribution in [0.3, 0.4) is 0 Å². The Morgan fingerprint density at radius 2 is 1.91 bits per heavy atom. The van der Waals surface area contributed by atoms with Crippen LogP contribution in [0.4, 0.5) is 5.69 Å². The number of rotatable bonds is 5. The van der Waals surface area contributed by atoms with Crippen LogP contribution in [-0.2, 0) is 11.2 Å². The van der Waals surface area contributed by atoms with Crippen molar-refractivity contribution >= 4 is 11.6 Å². The van der Waals surface area contributed by atoms with Gasteiger partial charge in [0.2, 0.25) is 0 Å². The summed E-state index contributed by atoms with van der Waals surface area (Å²) in [6.07, 6.45) is 0.368. The maximum Gasteiger partial charge on any atom is 0.262 e. The first-order valence-electron chi connectivity index (χ1n) is 7.05. The molecular formula is C18H18N2O2. The molecule has 0 aromatic heterocycles. The van der Waals surface area contributed by atoms with Crippen LogP contribution in [0.2, 0.25) is 0 Å². The van der Waals surface area contributed by atoms with E-state index in [4.69, 9.17) is 10.00 Å². The molecule has 0 saturated heterocycles. The summed E-state index contributed by atoms with van der Waals surface area (Å²) >= 11 is 0. The molecule has 22 heavy (non-hydrogen) atoms. The number of aryl methyl sites for hydroxylation is 1. The number of carbonyl (C=O) groups excluding carboxylic acids is 1. The first kappa shape index (κ1) is 15.6. The first-order valence-corrected chi connectivity index (χ1v) is 7.05. The Balaban J connectivity index is 1.90. The Labute approximate surface area is 130 Å². The Bertz CT molecular complexity index is 700. The van der Waals surface area contributed by atoms with Crippen molar-refractivity contribution in [2.45, 2.75) is 20.3 Å². The third-order valence-electron chi connectivity index (χ3n) is 3.46. The van der Waals surface area contributed by atoms with E-state index in [1.807, 2.05) is 44.2 Å². The maximum absolute atomic E-state index is 11.9. The molecule has 0 fully saturated rings. The monoisotopic (exact) mass is 294 g/mol. The summed E-state index contributed by atoms with van der Waals surface area (Å²) in [5, 5.41) is 11.5. The lowest BCUT2D eigenvalue weighted by Gasteiger charge is -2.11. The van der Waals surface area contributed by atoms with Crippen LogP contribution >= 0.6 is 0 Å². The Hall–Kier alpha value is -2.80. The molecule has 0 bridgehead atoms. The molecular weight excluding hydrogens is 276 g/mol. The molecule has 0 unspecified atom stereocenters. The summed E-state index contributed by atoms with van der Waals surface area (Å²) in [4.78, 5) is 11.9. The minimum Gasteiger partial charge on any atom is -0.484 e. The van der Waals surface area contributed by atoms with Gasteiger partial charge >= 0.3 is 0 Å². The number of nitrogens with zero attached hydrogens (tertiary/aromatic N) is 1. The van der Waals surface area contributed by atoms with E-state index in [0.717, 1.165) is 22.4 Å². The summed E-state index contributed by atoms with van der Waals surface area (Å²) in [7, 11) is 0. The van der Waals surface area contributed by atoms with E-state index < -0.39 is 0 Å². The minimum absolute atomic E-state index is 0.0506. The highest BCUT2D eigenvalue weighted by Crippen LogP contribution is 2.18. The molecule has 0 heterocycles. The smallest absolute Gasteiger partial charge is 0.262 e. The van der Waals surface area contributed by atoms with Crippen LogP contribution in [0.1, 0.15) is 16.7 Å². The largest absolute Gasteiger partial charge is 0.484 e.